The van der Waals surface area contributed by atoms with E-state index in [2.05, 4.69) is 22.3 Å². The minimum Gasteiger partial charge on any atom is -0.494 e. The molecule has 81 valence electrons. The van der Waals surface area contributed by atoms with Gasteiger partial charge in [-0.25, -0.2) is 5.32 Å². The van der Waals surface area contributed by atoms with Crippen LogP contribution in [0.2, 0.25) is 0 Å². The molecule has 0 spiro atoms. The first-order chi connectivity index (χ1) is 7.40. The van der Waals surface area contributed by atoms with Gasteiger partial charge in [-0.1, -0.05) is 0 Å². The maximum atomic E-state index is 5.41. The van der Waals surface area contributed by atoms with Crippen molar-refractivity contribution in [3.63, 3.8) is 0 Å². The Balaban J connectivity index is 2.02. The molecule has 1 aliphatic heterocycles. The highest BCUT2D eigenvalue weighted by Crippen LogP contribution is 2.19. The van der Waals surface area contributed by atoms with Crippen LogP contribution in [0.5, 0.6) is 5.75 Å². The third-order valence-corrected chi connectivity index (χ3v) is 2.57. The lowest BCUT2D eigenvalue weighted by Crippen LogP contribution is -2.40. The topological polar surface area (TPSA) is 26.6 Å². The number of anilines is 1. The van der Waals surface area contributed by atoms with E-state index in [4.69, 9.17) is 4.74 Å². The Kier molecular flexibility index (Phi) is 3.45. The standard InChI is InChI=1S/C12H17N2O/c1-2-15-12-5-3-11(4-6-12)14-9-7-13-8-10-14/h3-6H,2,7-10H2,1H3. The lowest BCUT2D eigenvalue weighted by atomic mass is 10.2. The average Bonchev–Trinajstić information content (AvgIpc) is 2.32. The summed E-state index contributed by atoms with van der Waals surface area (Å²) in [5, 5.41) is 4.33. The van der Waals surface area contributed by atoms with Crippen molar-refractivity contribution >= 4 is 5.69 Å². The molecule has 0 amide bonds. The van der Waals surface area contributed by atoms with Crippen molar-refractivity contribution in [2.75, 3.05) is 37.7 Å². The lowest BCUT2D eigenvalue weighted by molar-refractivity contribution is 0.340. The summed E-state index contributed by atoms with van der Waals surface area (Å²) in [7, 11) is 0. The van der Waals surface area contributed by atoms with Crippen LogP contribution in [0.25, 0.3) is 0 Å². The Hall–Kier alpha value is -1.22. The largest absolute Gasteiger partial charge is 0.494 e. The van der Waals surface area contributed by atoms with Gasteiger partial charge in [-0.2, -0.15) is 0 Å². The number of piperazine rings is 1. The Morgan fingerprint density at radius 1 is 1.20 bits per heavy atom. The summed E-state index contributed by atoms with van der Waals surface area (Å²) in [6.07, 6.45) is 0. The molecule has 0 atom stereocenters. The molecule has 1 aromatic carbocycles. The molecule has 15 heavy (non-hydrogen) atoms. The molecule has 1 radical (unpaired) electrons. The van der Waals surface area contributed by atoms with Gasteiger partial charge in [-0.3, -0.25) is 0 Å². The maximum absolute atomic E-state index is 5.41. The Morgan fingerprint density at radius 3 is 2.47 bits per heavy atom. The van der Waals surface area contributed by atoms with Gasteiger partial charge >= 0.3 is 0 Å². The van der Waals surface area contributed by atoms with Crippen LogP contribution < -0.4 is 15.0 Å². The fraction of sp³-hybridized carbons (Fsp3) is 0.500. The predicted octanol–water partition coefficient (Wildman–Crippen LogP) is 1.51. The molecule has 0 aliphatic carbocycles. The average molecular weight is 205 g/mol. The van der Waals surface area contributed by atoms with Crippen LogP contribution >= 0.6 is 0 Å². The lowest BCUT2D eigenvalue weighted by Gasteiger charge is -2.28. The van der Waals surface area contributed by atoms with Gasteiger partial charge in [0.15, 0.2) is 0 Å². The van der Waals surface area contributed by atoms with Crippen LogP contribution in [0.15, 0.2) is 24.3 Å². The van der Waals surface area contributed by atoms with Crippen molar-refractivity contribution in [1.82, 2.24) is 5.32 Å². The zero-order valence-electron chi connectivity index (χ0n) is 9.15. The zero-order chi connectivity index (χ0) is 10.5. The molecular weight excluding hydrogens is 188 g/mol. The first kappa shape index (κ1) is 10.3. The molecule has 0 saturated carbocycles. The second-order valence-corrected chi connectivity index (χ2v) is 3.58. The molecule has 3 heteroatoms. The molecule has 1 heterocycles. The minimum atomic E-state index is 0.724. The molecule has 0 aromatic heterocycles. The van der Waals surface area contributed by atoms with Gasteiger partial charge in [-0.05, 0) is 31.2 Å². The van der Waals surface area contributed by atoms with Crippen LogP contribution in [-0.2, 0) is 0 Å². The van der Waals surface area contributed by atoms with Gasteiger partial charge in [0.25, 0.3) is 0 Å². The van der Waals surface area contributed by atoms with Gasteiger partial charge in [0, 0.05) is 31.9 Å². The third kappa shape index (κ3) is 2.63. The van der Waals surface area contributed by atoms with E-state index in [1.54, 1.807) is 0 Å². The van der Waals surface area contributed by atoms with Gasteiger partial charge in [0.05, 0.1) is 6.61 Å². The summed E-state index contributed by atoms with van der Waals surface area (Å²) < 4.78 is 5.41. The summed E-state index contributed by atoms with van der Waals surface area (Å²) in [4.78, 5) is 2.36. The molecule has 0 N–H and O–H groups in total. The van der Waals surface area contributed by atoms with E-state index in [0.29, 0.717) is 0 Å². The van der Waals surface area contributed by atoms with Gasteiger partial charge < -0.3 is 9.64 Å². The van der Waals surface area contributed by atoms with E-state index < -0.39 is 0 Å². The van der Waals surface area contributed by atoms with Crippen molar-refractivity contribution in [2.45, 2.75) is 6.92 Å². The van der Waals surface area contributed by atoms with E-state index in [1.807, 2.05) is 19.1 Å². The molecule has 2 rings (SSSR count). The van der Waals surface area contributed by atoms with Crippen LogP contribution in [0, 0.1) is 0 Å². The number of hydrogen-bond donors (Lipinski definition) is 0. The number of nitrogens with zero attached hydrogens (tertiary/aromatic N) is 2. The molecule has 3 nitrogen and oxygen atoms in total. The molecule has 1 saturated heterocycles. The number of ether oxygens (including phenoxy) is 1. The van der Waals surface area contributed by atoms with Crippen LogP contribution in [0.1, 0.15) is 6.92 Å². The Labute approximate surface area is 91.0 Å². The van der Waals surface area contributed by atoms with Gasteiger partial charge in [0.2, 0.25) is 0 Å². The normalized spacial score (nSPS) is 16.5. The second-order valence-electron chi connectivity index (χ2n) is 3.58. The van der Waals surface area contributed by atoms with Crippen molar-refractivity contribution in [1.29, 1.82) is 0 Å². The first-order valence-corrected chi connectivity index (χ1v) is 5.51. The monoisotopic (exact) mass is 205 g/mol. The maximum Gasteiger partial charge on any atom is 0.119 e. The van der Waals surface area contributed by atoms with Gasteiger partial charge in [-0.15, -0.1) is 0 Å². The molecule has 0 bridgehead atoms. The fourth-order valence-electron chi connectivity index (χ4n) is 1.78. The van der Waals surface area contributed by atoms with Crippen molar-refractivity contribution in [3.8, 4) is 5.75 Å². The quantitative estimate of drug-likeness (QED) is 0.747. The van der Waals surface area contributed by atoms with Gasteiger partial charge in [0.1, 0.15) is 5.75 Å². The highest BCUT2D eigenvalue weighted by atomic mass is 16.5. The van der Waals surface area contributed by atoms with Crippen molar-refractivity contribution < 1.29 is 4.74 Å². The number of hydrogen-bond acceptors (Lipinski definition) is 2. The first-order valence-electron chi connectivity index (χ1n) is 5.51. The van der Waals surface area contributed by atoms with E-state index >= 15 is 0 Å². The summed E-state index contributed by atoms with van der Waals surface area (Å²) >= 11 is 0. The van der Waals surface area contributed by atoms with Crippen LogP contribution in [0.3, 0.4) is 0 Å². The number of rotatable bonds is 3. The molecule has 1 aliphatic rings. The van der Waals surface area contributed by atoms with E-state index in [9.17, 15) is 0 Å². The molecular formula is C12H17N2O. The highest BCUT2D eigenvalue weighted by Gasteiger charge is 2.10. The third-order valence-electron chi connectivity index (χ3n) is 2.57. The fourth-order valence-corrected chi connectivity index (χ4v) is 1.78. The minimum absolute atomic E-state index is 0.724. The van der Waals surface area contributed by atoms with Crippen LogP contribution in [-0.4, -0.2) is 32.8 Å². The smallest absolute Gasteiger partial charge is 0.119 e. The summed E-state index contributed by atoms with van der Waals surface area (Å²) in [6, 6.07) is 8.31. The van der Waals surface area contributed by atoms with Crippen LogP contribution in [0.4, 0.5) is 5.69 Å². The summed E-state index contributed by atoms with van der Waals surface area (Å²) in [5.41, 5.74) is 1.27. The Bertz CT molecular complexity index is 291. The van der Waals surface area contributed by atoms with E-state index in [1.165, 1.54) is 5.69 Å². The van der Waals surface area contributed by atoms with Crippen molar-refractivity contribution in [3.05, 3.63) is 24.3 Å². The zero-order valence-corrected chi connectivity index (χ0v) is 9.15. The van der Waals surface area contributed by atoms with E-state index in [-0.39, 0.29) is 0 Å². The summed E-state index contributed by atoms with van der Waals surface area (Å²) in [5.74, 6) is 0.947. The Morgan fingerprint density at radius 2 is 1.87 bits per heavy atom. The second kappa shape index (κ2) is 5.03. The SMILES string of the molecule is CCOc1ccc(N2CC[N]CC2)cc1. The molecule has 1 aromatic rings. The number of benzene rings is 1. The van der Waals surface area contributed by atoms with Crippen molar-refractivity contribution in [2.24, 2.45) is 0 Å². The predicted molar refractivity (Wildman–Crippen MR) is 61.7 cm³/mol. The molecule has 1 fully saturated rings. The molecule has 0 unspecified atom stereocenters. The highest BCUT2D eigenvalue weighted by molar-refractivity contribution is 5.49. The van der Waals surface area contributed by atoms with E-state index in [0.717, 1.165) is 38.5 Å². The summed E-state index contributed by atoms with van der Waals surface area (Å²) in [6.45, 7) is 6.70.